The monoisotopic (exact) mass is 343 g/mol. The Morgan fingerprint density at radius 1 is 1.13 bits per heavy atom. The maximum atomic E-state index is 6.23. The summed E-state index contributed by atoms with van der Waals surface area (Å²) in [5, 5.41) is 5.57. The van der Waals surface area contributed by atoms with Gasteiger partial charge in [0.2, 0.25) is 0 Å². The summed E-state index contributed by atoms with van der Waals surface area (Å²) >= 11 is 8.06. The molecule has 0 bridgehead atoms. The zero-order valence-corrected chi connectivity index (χ0v) is 14.4. The number of hydrogen-bond acceptors (Lipinski definition) is 4. The van der Waals surface area contributed by atoms with Crippen LogP contribution in [0.4, 0.5) is 5.82 Å². The van der Waals surface area contributed by atoms with Crippen molar-refractivity contribution in [3.63, 3.8) is 0 Å². The lowest BCUT2D eigenvalue weighted by atomic mass is 9.97. The van der Waals surface area contributed by atoms with E-state index in [1.807, 2.05) is 29.5 Å². The Labute approximate surface area is 144 Å². The van der Waals surface area contributed by atoms with E-state index in [0.717, 1.165) is 35.1 Å². The van der Waals surface area contributed by atoms with E-state index in [2.05, 4.69) is 21.4 Å². The molecule has 4 rings (SSSR count). The van der Waals surface area contributed by atoms with E-state index < -0.39 is 0 Å². The zero-order valence-electron chi connectivity index (χ0n) is 12.8. The first-order chi connectivity index (χ1) is 11.3. The van der Waals surface area contributed by atoms with Crippen LogP contribution in [0.2, 0.25) is 5.02 Å². The highest BCUT2D eigenvalue weighted by Crippen LogP contribution is 2.38. The van der Waals surface area contributed by atoms with Crippen molar-refractivity contribution in [2.45, 2.75) is 32.1 Å². The van der Waals surface area contributed by atoms with Gasteiger partial charge in [-0.25, -0.2) is 9.97 Å². The summed E-state index contributed by atoms with van der Waals surface area (Å²) in [6.07, 6.45) is 7.46. The van der Waals surface area contributed by atoms with Crippen LogP contribution in [0.3, 0.4) is 0 Å². The number of benzene rings is 1. The summed E-state index contributed by atoms with van der Waals surface area (Å²) in [5.74, 6) is 0.974. The Morgan fingerprint density at radius 2 is 2.00 bits per heavy atom. The molecule has 0 saturated heterocycles. The van der Waals surface area contributed by atoms with Crippen LogP contribution >= 0.6 is 22.9 Å². The molecule has 0 amide bonds. The Balaban J connectivity index is 1.57. The number of nitrogens with zero attached hydrogens (tertiary/aromatic N) is 2. The molecule has 1 aromatic carbocycles. The molecule has 1 aliphatic carbocycles. The van der Waals surface area contributed by atoms with Crippen molar-refractivity contribution < 1.29 is 0 Å². The molecule has 0 aliphatic heterocycles. The molecule has 2 aromatic heterocycles. The van der Waals surface area contributed by atoms with E-state index in [1.165, 1.54) is 40.7 Å². The number of anilines is 1. The van der Waals surface area contributed by atoms with Crippen molar-refractivity contribution in [1.29, 1.82) is 0 Å². The Bertz CT molecular complexity index is 843. The van der Waals surface area contributed by atoms with Gasteiger partial charge < -0.3 is 5.32 Å². The first-order valence-electron chi connectivity index (χ1n) is 8.05. The van der Waals surface area contributed by atoms with Crippen molar-refractivity contribution >= 4 is 39.0 Å². The molecule has 0 fully saturated rings. The molecule has 5 heteroatoms. The van der Waals surface area contributed by atoms with Crippen LogP contribution < -0.4 is 5.32 Å². The summed E-state index contributed by atoms with van der Waals surface area (Å²) in [7, 11) is 0. The highest BCUT2D eigenvalue weighted by molar-refractivity contribution is 7.19. The fraction of sp³-hybridized carbons (Fsp3) is 0.333. The van der Waals surface area contributed by atoms with Gasteiger partial charge in [-0.3, -0.25) is 0 Å². The lowest BCUT2D eigenvalue weighted by Gasteiger charge is -2.12. The normalized spacial score (nSPS) is 14.0. The molecule has 0 radical (unpaired) electrons. The third kappa shape index (κ3) is 2.93. The van der Waals surface area contributed by atoms with Crippen LogP contribution in [0.5, 0.6) is 0 Å². The number of fused-ring (bicyclic) bond motifs is 3. The number of aryl methyl sites for hydroxylation is 2. The van der Waals surface area contributed by atoms with Gasteiger partial charge in [-0.05, 0) is 49.3 Å². The third-order valence-corrected chi connectivity index (χ3v) is 5.96. The number of aromatic nitrogens is 2. The van der Waals surface area contributed by atoms with E-state index in [9.17, 15) is 0 Å². The third-order valence-electron chi connectivity index (χ3n) is 4.40. The van der Waals surface area contributed by atoms with Crippen LogP contribution in [0.15, 0.2) is 30.6 Å². The lowest BCUT2D eigenvalue weighted by Crippen LogP contribution is -2.08. The first-order valence-corrected chi connectivity index (χ1v) is 9.25. The summed E-state index contributed by atoms with van der Waals surface area (Å²) in [6, 6.07) is 8.01. The van der Waals surface area contributed by atoms with E-state index in [-0.39, 0.29) is 0 Å². The molecular formula is C18H18ClN3S. The van der Waals surface area contributed by atoms with Crippen LogP contribution in [-0.2, 0) is 19.3 Å². The minimum Gasteiger partial charge on any atom is -0.369 e. The van der Waals surface area contributed by atoms with E-state index in [4.69, 9.17) is 11.6 Å². The molecule has 1 N–H and O–H groups in total. The van der Waals surface area contributed by atoms with Crippen LogP contribution in [0.25, 0.3) is 10.2 Å². The molecule has 1 aliphatic rings. The highest BCUT2D eigenvalue weighted by Gasteiger charge is 2.19. The predicted molar refractivity (Wildman–Crippen MR) is 97.7 cm³/mol. The molecule has 0 unspecified atom stereocenters. The number of hydrogen-bond donors (Lipinski definition) is 1. The summed E-state index contributed by atoms with van der Waals surface area (Å²) in [6.45, 7) is 0.820. The van der Waals surface area contributed by atoms with E-state index in [1.54, 1.807) is 6.33 Å². The van der Waals surface area contributed by atoms with E-state index >= 15 is 0 Å². The second-order valence-electron chi connectivity index (χ2n) is 5.88. The molecule has 0 spiro atoms. The topological polar surface area (TPSA) is 37.8 Å². The van der Waals surface area contributed by atoms with Gasteiger partial charge in [0.15, 0.2) is 0 Å². The summed E-state index contributed by atoms with van der Waals surface area (Å²) in [5.41, 5.74) is 2.64. The quantitative estimate of drug-likeness (QED) is 0.733. The van der Waals surface area contributed by atoms with Gasteiger partial charge in [-0.1, -0.05) is 29.8 Å². The van der Waals surface area contributed by atoms with Gasteiger partial charge in [-0.15, -0.1) is 11.3 Å². The maximum Gasteiger partial charge on any atom is 0.138 e. The van der Waals surface area contributed by atoms with Crippen LogP contribution in [0.1, 0.15) is 28.8 Å². The number of rotatable bonds is 4. The van der Waals surface area contributed by atoms with Gasteiger partial charge in [0.05, 0.1) is 5.39 Å². The van der Waals surface area contributed by atoms with Crippen LogP contribution in [0, 0.1) is 0 Å². The largest absolute Gasteiger partial charge is 0.369 e. The number of thiophene rings is 1. The SMILES string of the molecule is Clc1ccccc1CCNc1ncnc2sc3c(c12)CCCC3. The Morgan fingerprint density at radius 3 is 2.91 bits per heavy atom. The standard InChI is InChI=1S/C18H18ClN3S/c19-14-7-3-1-5-12(14)9-10-20-17-16-13-6-2-4-8-15(13)23-18(16)22-11-21-17/h1,3,5,7,11H,2,4,6,8-10H2,(H,20,21,22). The molecule has 3 nitrogen and oxygen atoms in total. The highest BCUT2D eigenvalue weighted by atomic mass is 35.5. The average Bonchev–Trinajstić information content (AvgIpc) is 2.96. The number of nitrogens with one attached hydrogen (secondary N) is 1. The minimum atomic E-state index is 0.820. The van der Waals surface area contributed by atoms with Crippen molar-refractivity contribution in [1.82, 2.24) is 9.97 Å². The van der Waals surface area contributed by atoms with Crippen molar-refractivity contribution in [3.8, 4) is 0 Å². The predicted octanol–water partition coefficient (Wildman–Crippen LogP) is 4.88. The fourth-order valence-corrected chi connectivity index (χ4v) is 4.70. The fourth-order valence-electron chi connectivity index (χ4n) is 3.24. The van der Waals surface area contributed by atoms with Crippen molar-refractivity contribution in [2.75, 3.05) is 11.9 Å². The first kappa shape index (κ1) is 14.9. The zero-order chi connectivity index (χ0) is 15.6. The van der Waals surface area contributed by atoms with Gasteiger partial charge >= 0.3 is 0 Å². The maximum absolute atomic E-state index is 6.23. The lowest BCUT2D eigenvalue weighted by molar-refractivity contribution is 0.700. The van der Waals surface area contributed by atoms with Gasteiger partial charge in [-0.2, -0.15) is 0 Å². The molecule has 3 aromatic rings. The average molecular weight is 344 g/mol. The molecule has 23 heavy (non-hydrogen) atoms. The molecular weight excluding hydrogens is 326 g/mol. The van der Waals surface area contributed by atoms with E-state index in [0.29, 0.717) is 0 Å². The molecule has 2 heterocycles. The second-order valence-corrected chi connectivity index (χ2v) is 7.37. The Kier molecular flexibility index (Phi) is 4.19. The molecule has 0 saturated carbocycles. The van der Waals surface area contributed by atoms with Crippen molar-refractivity contribution in [3.05, 3.63) is 51.6 Å². The summed E-state index contributed by atoms with van der Waals surface area (Å²) < 4.78 is 0. The van der Waals surface area contributed by atoms with Gasteiger partial charge in [0.25, 0.3) is 0 Å². The van der Waals surface area contributed by atoms with Gasteiger partial charge in [0.1, 0.15) is 17.0 Å². The Hall–Kier alpha value is -1.65. The number of halogens is 1. The van der Waals surface area contributed by atoms with Crippen LogP contribution in [-0.4, -0.2) is 16.5 Å². The molecule has 0 atom stereocenters. The summed E-state index contributed by atoms with van der Waals surface area (Å²) in [4.78, 5) is 11.6. The smallest absolute Gasteiger partial charge is 0.138 e. The van der Waals surface area contributed by atoms with Crippen molar-refractivity contribution in [2.24, 2.45) is 0 Å². The minimum absolute atomic E-state index is 0.820. The second kappa shape index (κ2) is 6.46. The molecule has 118 valence electrons. The van der Waals surface area contributed by atoms with Gasteiger partial charge in [0, 0.05) is 16.4 Å².